The van der Waals surface area contributed by atoms with E-state index in [1.807, 2.05) is 29.8 Å². The van der Waals surface area contributed by atoms with Gasteiger partial charge in [0.1, 0.15) is 11.6 Å². The standard InChI is InChI=1S/C19H14FN3O2S2/c1-11-2-7-16(25-11)18-21-14(9-26-18)8-17(24)23-19-22-15(10-27-19)12-3-5-13(20)6-4-12/h2-7,9-10H,8H2,1H3,(H,22,23,24). The molecule has 0 atom stereocenters. The lowest BCUT2D eigenvalue weighted by molar-refractivity contribution is -0.115. The first-order chi connectivity index (χ1) is 13.1. The molecule has 0 unspecified atom stereocenters. The normalized spacial score (nSPS) is 10.9. The molecule has 136 valence electrons. The number of furan rings is 1. The minimum atomic E-state index is -0.296. The maximum atomic E-state index is 13.0. The number of nitrogens with zero attached hydrogens (tertiary/aromatic N) is 2. The van der Waals surface area contributed by atoms with Crippen LogP contribution in [0.15, 0.2) is 51.6 Å². The molecule has 4 rings (SSSR count). The molecule has 3 heterocycles. The highest BCUT2D eigenvalue weighted by Crippen LogP contribution is 2.27. The van der Waals surface area contributed by atoms with Crippen molar-refractivity contribution in [3.8, 4) is 22.0 Å². The molecule has 0 bridgehead atoms. The Hall–Kier alpha value is -2.84. The number of carbonyl (C=O) groups excluding carboxylic acids is 1. The fraction of sp³-hybridized carbons (Fsp3) is 0.105. The fourth-order valence-electron chi connectivity index (χ4n) is 2.46. The number of hydrogen-bond acceptors (Lipinski definition) is 6. The van der Waals surface area contributed by atoms with E-state index < -0.39 is 0 Å². The van der Waals surface area contributed by atoms with Gasteiger partial charge in [0.15, 0.2) is 15.9 Å². The van der Waals surface area contributed by atoms with Crippen LogP contribution in [-0.2, 0) is 11.2 Å². The van der Waals surface area contributed by atoms with E-state index in [-0.39, 0.29) is 18.1 Å². The van der Waals surface area contributed by atoms with Crippen LogP contribution in [0.1, 0.15) is 11.5 Å². The zero-order chi connectivity index (χ0) is 18.8. The lowest BCUT2D eigenvalue weighted by Crippen LogP contribution is -2.14. The van der Waals surface area contributed by atoms with Gasteiger partial charge in [-0.2, -0.15) is 0 Å². The van der Waals surface area contributed by atoms with Crippen LogP contribution in [0.25, 0.3) is 22.0 Å². The minimum absolute atomic E-state index is 0.154. The van der Waals surface area contributed by atoms with Crippen LogP contribution in [0.3, 0.4) is 0 Å². The van der Waals surface area contributed by atoms with Crippen molar-refractivity contribution in [2.24, 2.45) is 0 Å². The minimum Gasteiger partial charge on any atom is -0.459 e. The quantitative estimate of drug-likeness (QED) is 0.504. The number of aryl methyl sites for hydroxylation is 1. The summed E-state index contributed by atoms with van der Waals surface area (Å²) in [5.41, 5.74) is 2.17. The number of rotatable bonds is 5. The molecule has 1 N–H and O–H groups in total. The number of halogens is 1. The zero-order valence-electron chi connectivity index (χ0n) is 14.2. The van der Waals surface area contributed by atoms with Gasteiger partial charge in [0, 0.05) is 16.3 Å². The van der Waals surface area contributed by atoms with Gasteiger partial charge >= 0.3 is 0 Å². The van der Waals surface area contributed by atoms with Crippen LogP contribution in [0.4, 0.5) is 9.52 Å². The Labute approximate surface area is 162 Å². The van der Waals surface area contributed by atoms with Crippen LogP contribution in [-0.4, -0.2) is 15.9 Å². The van der Waals surface area contributed by atoms with Gasteiger partial charge in [-0.1, -0.05) is 0 Å². The third kappa shape index (κ3) is 4.12. The van der Waals surface area contributed by atoms with Crippen molar-refractivity contribution >= 4 is 33.7 Å². The summed E-state index contributed by atoms with van der Waals surface area (Å²) >= 11 is 2.76. The summed E-state index contributed by atoms with van der Waals surface area (Å²) in [6.45, 7) is 1.87. The molecular formula is C19H14FN3O2S2. The van der Waals surface area contributed by atoms with Gasteiger partial charge in [0.05, 0.1) is 17.8 Å². The molecule has 1 aromatic carbocycles. The first-order valence-electron chi connectivity index (χ1n) is 8.09. The number of hydrogen-bond donors (Lipinski definition) is 1. The van der Waals surface area contributed by atoms with Crippen LogP contribution in [0.5, 0.6) is 0 Å². The van der Waals surface area contributed by atoms with Gasteiger partial charge in [0.25, 0.3) is 0 Å². The Morgan fingerprint density at radius 2 is 1.93 bits per heavy atom. The Morgan fingerprint density at radius 3 is 2.67 bits per heavy atom. The van der Waals surface area contributed by atoms with Crippen molar-refractivity contribution in [2.75, 3.05) is 5.32 Å². The lowest BCUT2D eigenvalue weighted by Gasteiger charge is -1.99. The molecule has 8 heteroatoms. The van der Waals surface area contributed by atoms with Gasteiger partial charge < -0.3 is 9.73 Å². The molecule has 0 saturated carbocycles. The summed E-state index contributed by atoms with van der Waals surface area (Å²) in [5.74, 6) is 1.03. The SMILES string of the molecule is Cc1ccc(-c2nc(CC(=O)Nc3nc(-c4ccc(F)cc4)cs3)cs2)o1. The monoisotopic (exact) mass is 399 g/mol. The summed E-state index contributed by atoms with van der Waals surface area (Å²) in [6.07, 6.45) is 0.154. The Balaban J connectivity index is 1.40. The van der Waals surface area contributed by atoms with E-state index >= 15 is 0 Å². The maximum absolute atomic E-state index is 13.0. The number of amides is 1. The van der Waals surface area contributed by atoms with Crippen LogP contribution >= 0.6 is 22.7 Å². The average molecular weight is 399 g/mol. The highest BCUT2D eigenvalue weighted by Gasteiger charge is 2.13. The molecule has 0 radical (unpaired) electrons. The first kappa shape index (κ1) is 17.6. The smallest absolute Gasteiger partial charge is 0.232 e. The maximum Gasteiger partial charge on any atom is 0.232 e. The van der Waals surface area contributed by atoms with Crippen molar-refractivity contribution in [3.05, 3.63) is 64.4 Å². The Morgan fingerprint density at radius 1 is 1.11 bits per heavy atom. The number of benzene rings is 1. The summed E-state index contributed by atoms with van der Waals surface area (Å²) < 4.78 is 18.6. The van der Waals surface area contributed by atoms with E-state index in [9.17, 15) is 9.18 Å². The number of anilines is 1. The number of carbonyl (C=O) groups is 1. The Bertz CT molecular complexity index is 1080. The van der Waals surface area contributed by atoms with E-state index in [0.717, 1.165) is 16.3 Å². The van der Waals surface area contributed by atoms with Gasteiger partial charge in [-0.15, -0.1) is 22.7 Å². The summed E-state index contributed by atoms with van der Waals surface area (Å²) in [7, 11) is 0. The zero-order valence-corrected chi connectivity index (χ0v) is 15.9. The molecule has 0 spiro atoms. The van der Waals surface area contributed by atoms with E-state index in [1.165, 1.54) is 34.8 Å². The van der Waals surface area contributed by atoms with E-state index in [2.05, 4.69) is 15.3 Å². The molecule has 0 saturated heterocycles. The average Bonchev–Trinajstić information content (AvgIpc) is 3.37. The predicted octanol–water partition coefficient (Wildman–Crippen LogP) is 5.16. The van der Waals surface area contributed by atoms with Crippen molar-refractivity contribution in [2.45, 2.75) is 13.3 Å². The molecule has 1 amide bonds. The fourth-order valence-corrected chi connectivity index (χ4v) is 3.98. The van der Waals surface area contributed by atoms with Gasteiger partial charge in [-0.25, -0.2) is 14.4 Å². The lowest BCUT2D eigenvalue weighted by atomic mass is 10.2. The molecule has 5 nitrogen and oxygen atoms in total. The molecule has 0 aliphatic carbocycles. The number of nitrogens with one attached hydrogen (secondary N) is 1. The second-order valence-corrected chi connectivity index (χ2v) is 7.54. The van der Waals surface area contributed by atoms with Crippen molar-refractivity contribution < 1.29 is 13.6 Å². The number of aromatic nitrogens is 2. The highest BCUT2D eigenvalue weighted by molar-refractivity contribution is 7.14. The third-order valence-electron chi connectivity index (χ3n) is 3.74. The molecule has 27 heavy (non-hydrogen) atoms. The topological polar surface area (TPSA) is 68.0 Å². The van der Waals surface area contributed by atoms with E-state index in [1.54, 1.807) is 12.1 Å². The summed E-state index contributed by atoms with van der Waals surface area (Å²) in [4.78, 5) is 21.1. The van der Waals surface area contributed by atoms with Crippen molar-refractivity contribution in [1.82, 2.24) is 9.97 Å². The molecule has 0 aliphatic heterocycles. The molecule has 0 aliphatic rings. The third-order valence-corrected chi connectivity index (χ3v) is 5.40. The number of thiazole rings is 2. The van der Waals surface area contributed by atoms with Gasteiger partial charge in [-0.05, 0) is 43.3 Å². The summed E-state index contributed by atoms with van der Waals surface area (Å²) in [6, 6.07) is 9.82. The van der Waals surface area contributed by atoms with Crippen LogP contribution < -0.4 is 5.32 Å². The molecule has 4 aromatic rings. The van der Waals surface area contributed by atoms with Crippen molar-refractivity contribution in [3.63, 3.8) is 0 Å². The highest BCUT2D eigenvalue weighted by atomic mass is 32.1. The van der Waals surface area contributed by atoms with Gasteiger partial charge in [0.2, 0.25) is 5.91 Å². The van der Waals surface area contributed by atoms with Crippen LogP contribution in [0, 0.1) is 12.7 Å². The molecule has 3 aromatic heterocycles. The second-order valence-electron chi connectivity index (χ2n) is 5.82. The van der Waals surface area contributed by atoms with Crippen LogP contribution in [0.2, 0.25) is 0 Å². The second kappa shape index (κ2) is 7.42. The predicted molar refractivity (Wildman–Crippen MR) is 104 cm³/mol. The van der Waals surface area contributed by atoms with Gasteiger partial charge in [-0.3, -0.25) is 4.79 Å². The van der Waals surface area contributed by atoms with E-state index in [4.69, 9.17) is 4.42 Å². The van der Waals surface area contributed by atoms with E-state index in [0.29, 0.717) is 22.3 Å². The van der Waals surface area contributed by atoms with Crippen molar-refractivity contribution in [1.29, 1.82) is 0 Å². The molecule has 0 fully saturated rings. The molecular weight excluding hydrogens is 385 g/mol. The largest absolute Gasteiger partial charge is 0.459 e. The first-order valence-corrected chi connectivity index (χ1v) is 9.85. The Kier molecular flexibility index (Phi) is 4.83. The summed E-state index contributed by atoms with van der Waals surface area (Å²) in [5, 5.41) is 7.69.